The first-order valence-electron chi connectivity index (χ1n) is 9.99. The van der Waals surface area contributed by atoms with Crippen molar-refractivity contribution in [3.05, 3.63) is 81.5 Å². The Morgan fingerprint density at radius 3 is 2.68 bits per heavy atom. The van der Waals surface area contributed by atoms with Gasteiger partial charge in [-0.1, -0.05) is 36.4 Å². The maximum Gasteiger partial charge on any atom is 0.265 e. The Labute approximate surface area is 184 Å². The first-order chi connectivity index (χ1) is 15.0. The van der Waals surface area contributed by atoms with Crippen molar-refractivity contribution in [1.82, 2.24) is 5.32 Å². The minimum absolute atomic E-state index is 0.111. The molecule has 1 aliphatic rings. The Bertz CT molecular complexity index is 1110. The van der Waals surface area contributed by atoms with Gasteiger partial charge in [-0.15, -0.1) is 11.3 Å². The lowest BCUT2D eigenvalue weighted by Crippen LogP contribution is -2.45. The van der Waals surface area contributed by atoms with Crippen molar-refractivity contribution in [3.63, 3.8) is 0 Å². The van der Waals surface area contributed by atoms with E-state index in [0.29, 0.717) is 34.8 Å². The van der Waals surface area contributed by atoms with E-state index in [1.807, 2.05) is 48.7 Å². The number of hydrogen-bond acceptors (Lipinski definition) is 5. The van der Waals surface area contributed by atoms with Gasteiger partial charge in [-0.05, 0) is 48.1 Å². The lowest BCUT2D eigenvalue weighted by Gasteiger charge is -2.29. The summed E-state index contributed by atoms with van der Waals surface area (Å²) in [5.74, 6) is -0.189. The van der Waals surface area contributed by atoms with E-state index in [1.165, 1.54) is 16.2 Å². The topological polar surface area (TPSA) is 75.7 Å². The molecular formula is C24H22N2O4S. The highest BCUT2D eigenvalue weighted by Gasteiger charge is 2.29. The van der Waals surface area contributed by atoms with Crippen LogP contribution < -0.4 is 15.0 Å². The quantitative estimate of drug-likeness (QED) is 0.579. The van der Waals surface area contributed by atoms with Crippen LogP contribution in [0.15, 0.2) is 60.0 Å². The molecule has 7 heteroatoms. The van der Waals surface area contributed by atoms with Crippen molar-refractivity contribution < 1.29 is 19.1 Å². The first kappa shape index (κ1) is 20.8. The molecule has 2 aromatic carbocycles. The van der Waals surface area contributed by atoms with E-state index in [4.69, 9.17) is 4.74 Å². The van der Waals surface area contributed by atoms with Crippen molar-refractivity contribution in [3.8, 4) is 5.75 Å². The van der Waals surface area contributed by atoms with Crippen LogP contribution in [0.2, 0.25) is 0 Å². The van der Waals surface area contributed by atoms with Crippen molar-refractivity contribution in [2.45, 2.75) is 13.3 Å². The molecule has 0 aliphatic carbocycles. The Kier molecular flexibility index (Phi) is 6.13. The number of rotatable bonds is 7. The van der Waals surface area contributed by atoms with Gasteiger partial charge in [0, 0.05) is 12.1 Å². The largest absolute Gasteiger partial charge is 0.482 e. The number of hydrogen-bond donors (Lipinski definition) is 1. The summed E-state index contributed by atoms with van der Waals surface area (Å²) in [5.41, 5.74) is 2.83. The highest BCUT2D eigenvalue weighted by atomic mass is 32.1. The number of ether oxygens (including phenoxy) is 1. The van der Waals surface area contributed by atoms with Crippen LogP contribution in [-0.2, 0) is 16.0 Å². The van der Waals surface area contributed by atoms with E-state index in [9.17, 15) is 14.4 Å². The lowest BCUT2D eigenvalue weighted by atomic mass is 10.0. The molecule has 31 heavy (non-hydrogen) atoms. The Balaban J connectivity index is 1.50. The highest BCUT2D eigenvalue weighted by Crippen LogP contribution is 2.35. The third-order valence-electron chi connectivity index (χ3n) is 5.12. The molecule has 0 saturated heterocycles. The minimum Gasteiger partial charge on any atom is -0.482 e. The maximum atomic E-state index is 12.9. The second-order valence-electron chi connectivity index (χ2n) is 7.30. The molecule has 6 nitrogen and oxygen atoms in total. The Morgan fingerprint density at radius 2 is 1.94 bits per heavy atom. The fourth-order valence-electron chi connectivity index (χ4n) is 3.50. The molecule has 0 radical (unpaired) electrons. The minimum atomic E-state index is -0.316. The molecule has 0 atom stereocenters. The van der Waals surface area contributed by atoms with Crippen LogP contribution in [0.25, 0.3) is 0 Å². The van der Waals surface area contributed by atoms with Crippen LogP contribution in [-0.4, -0.2) is 37.3 Å². The monoisotopic (exact) mass is 434 g/mol. The molecule has 0 spiro atoms. The third-order valence-corrected chi connectivity index (χ3v) is 5.99. The molecule has 0 bridgehead atoms. The molecule has 1 aromatic heterocycles. The molecule has 158 valence electrons. The SMILES string of the molecule is Cc1cc2c(cc1C(=O)c1cccs1)N(CC(=O)NCCc1ccccc1)C(=O)CO2. The van der Waals surface area contributed by atoms with Gasteiger partial charge < -0.3 is 10.1 Å². The number of carbonyl (C=O) groups excluding carboxylic acids is 3. The van der Waals surface area contributed by atoms with Crippen LogP contribution in [0, 0.1) is 6.92 Å². The molecule has 0 unspecified atom stereocenters. The molecule has 1 N–H and O–H groups in total. The summed E-state index contributed by atoms with van der Waals surface area (Å²) < 4.78 is 5.56. The van der Waals surface area contributed by atoms with E-state index in [2.05, 4.69) is 5.32 Å². The number of nitrogens with zero attached hydrogens (tertiary/aromatic N) is 1. The number of aryl methyl sites for hydroxylation is 1. The zero-order valence-corrected chi connectivity index (χ0v) is 17.9. The van der Waals surface area contributed by atoms with E-state index in [0.717, 1.165) is 11.1 Å². The summed E-state index contributed by atoms with van der Waals surface area (Å²) in [6, 6.07) is 16.9. The smallest absolute Gasteiger partial charge is 0.265 e. The van der Waals surface area contributed by atoms with Crippen molar-refractivity contribution in [2.75, 3.05) is 24.6 Å². The number of thiophene rings is 1. The molecule has 0 fully saturated rings. The molecule has 2 amide bonds. The molecule has 4 rings (SSSR count). The predicted octanol–water partition coefficient (Wildman–Crippen LogP) is 3.37. The average Bonchev–Trinajstić information content (AvgIpc) is 3.31. The maximum absolute atomic E-state index is 12.9. The normalized spacial score (nSPS) is 12.8. The van der Waals surface area contributed by atoms with Crippen LogP contribution in [0.4, 0.5) is 5.69 Å². The van der Waals surface area contributed by atoms with E-state index < -0.39 is 0 Å². The zero-order valence-electron chi connectivity index (χ0n) is 17.1. The second kappa shape index (κ2) is 9.14. The molecular weight excluding hydrogens is 412 g/mol. The first-order valence-corrected chi connectivity index (χ1v) is 10.9. The van der Waals surface area contributed by atoms with Crippen LogP contribution in [0.3, 0.4) is 0 Å². The Morgan fingerprint density at radius 1 is 1.13 bits per heavy atom. The van der Waals surface area contributed by atoms with Crippen molar-refractivity contribution in [1.29, 1.82) is 0 Å². The molecule has 1 aliphatic heterocycles. The zero-order chi connectivity index (χ0) is 21.8. The number of amides is 2. The second-order valence-corrected chi connectivity index (χ2v) is 8.24. The molecule has 0 saturated carbocycles. The highest BCUT2D eigenvalue weighted by molar-refractivity contribution is 7.12. The van der Waals surface area contributed by atoms with Gasteiger partial charge in [0.05, 0.1) is 10.6 Å². The number of ketones is 1. The standard InChI is InChI=1S/C24H22N2O4S/c1-16-12-20-19(13-18(16)24(29)21-8-5-11-31-21)26(23(28)15-30-20)14-22(27)25-10-9-17-6-3-2-4-7-17/h2-8,11-13H,9-10,14-15H2,1H3,(H,25,27). The summed E-state index contributed by atoms with van der Waals surface area (Å²) in [7, 11) is 0. The van der Waals surface area contributed by atoms with E-state index in [-0.39, 0.29) is 30.7 Å². The Hall–Kier alpha value is -3.45. The van der Waals surface area contributed by atoms with Gasteiger partial charge in [-0.3, -0.25) is 19.3 Å². The lowest BCUT2D eigenvalue weighted by molar-refractivity contribution is -0.125. The van der Waals surface area contributed by atoms with E-state index >= 15 is 0 Å². The molecule has 3 aromatic rings. The predicted molar refractivity (Wildman–Crippen MR) is 120 cm³/mol. The summed E-state index contributed by atoms with van der Waals surface area (Å²) in [6.07, 6.45) is 0.707. The van der Waals surface area contributed by atoms with Crippen molar-refractivity contribution >= 4 is 34.6 Å². The van der Waals surface area contributed by atoms with Gasteiger partial charge in [-0.2, -0.15) is 0 Å². The number of carbonyl (C=O) groups is 3. The summed E-state index contributed by atoms with van der Waals surface area (Å²) in [5, 5.41) is 4.71. The number of nitrogens with one attached hydrogen (secondary N) is 1. The van der Waals surface area contributed by atoms with Gasteiger partial charge in [0.25, 0.3) is 5.91 Å². The van der Waals surface area contributed by atoms with Crippen LogP contribution >= 0.6 is 11.3 Å². The average molecular weight is 435 g/mol. The van der Waals surface area contributed by atoms with Crippen molar-refractivity contribution in [2.24, 2.45) is 0 Å². The summed E-state index contributed by atoms with van der Waals surface area (Å²) in [6.45, 7) is 2.05. The van der Waals surface area contributed by atoms with E-state index in [1.54, 1.807) is 18.2 Å². The van der Waals surface area contributed by atoms with Crippen LogP contribution in [0.5, 0.6) is 5.75 Å². The number of fused-ring (bicyclic) bond motifs is 1. The fraction of sp³-hybridized carbons (Fsp3) is 0.208. The number of anilines is 1. The molecule has 2 heterocycles. The van der Waals surface area contributed by atoms with Crippen LogP contribution in [0.1, 0.15) is 26.4 Å². The fourth-order valence-corrected chi connectivity index (χ4v) is 4.18. The summed E-state index contributed by atoms with van der Waals surface area (Å²) >= 11 is 1.37. The van der Waals surface area contributed by atoms with Gasteiger partial charge in [0.15, 0.2) is 6.61 Å². The van der Waals surface area contributed by atoms with Gasteiger partial charge >= 0.3 is 0 Å². The number of benzene rings is 2. The summed E-state index contributed by atoms with van der Waals surface area (Å²) in [4.78, 5) is 39.9. The van der Waals surface area contributed by atoms with Gasteiger partial charge in [-0.25, -0.2) is 0 Å². The third kappa shape index (κ3) is 4.67. The van der Waals surface area contributed by atoms with Gasteiger partial charge in [0.2, 0.25) is 11.7 Å². The van der Waals surface area contributed by atoms with Gasteiger partial charge in [0.1, 0.15) is 12.3 Å².